The molecule has 1 N–H and O–H groups in total. The second-order valence-corrected chi connectivity index (χ2v) is 7.50. The van der Waals surface area contributed by atoms with Crippen LogP contribution in [0.15, 0.2) is 62.6 Å². The maximum absolute atomic E-state index is 13.2. The van der Waals surface area contributed by atoms with Crippen molar-refractivity contribution < 1.29 is 23.1 Å². The van der Waals surface area contributed by atoms with Crippen molar-refractivity contribution in [2.75, 3.05) is 0 Å². The molecule has 0 saturated heterocycles. The van der Waals surface area contributed by atoms with Crippen molar-refractivity contribution in [2.24, 2.45) is 5.10 Å². The van der Waals surface area contributed by atoms with Gasteiger partial charge in [0.25, 0.3) is 5.91 Å². The van der Waals surface area contributed by atoms with Gasteiger partial charge >= 0.3 is 6.18 Å². The number of nitrogens with zero attached hydrogens (tertiary/aromatic N) is 2. The predicted molar refractivity (Wildman–Crippen MR) is 96.5 cm³/mol. The summed E-state index contributed by atoms with van der Waals surface area (Å²) < 4.78 is 40.8. The van der Waals surface area contributed by atoms with Crippen LogP contribution in [0.2, 0.25) is 0 Å². The minimum atomic E-state index is -4.75. The van der Waals surface area contributed by atoms with Crippen molar-refractivity contribution in [1.82, 2.24) is 5.01 Å². The van der Waals surface area contributed by atoms with Gasteiger partial charge in [0.2, 0.25) is 0 Å². The molecule has 0 bridgehead atoms. The Morgan fingerprint density at radius 3 is 2.35 bits per heavy atom. The van der Waals surface area contributed by atoms with Crippen LogP contribution in [-0.4, -0.2) is 27.9 Å². The lowest BCUT2D eigenvalue weighted by molar-refractivity contribution is -0.0816. The van der Waals surface area contributed by atoms with Crippen LogP contribution in [0.4, 0.5) is 13.2 Å². The Morgan fingerprint density at radius 2 is 1.77 bits per heavy atom. The highest BCUT2D eigenvalue weighted by molar-refractivity contribution is 9.10. The summed E-state index contributed by atoms with van der Waals surface area (Å²) in [4.78, 5) is 12.8. The third-order valence-electron chi connectivity index (χ3n) is 3.88. The lowest BCUT2D eigenvalue weighted by Crippen LogP contribution is -2.43. The highest BCUT2D eigenvalue weighted by Gasteiger charge is 2.53. The van der Waals surface area contributed by atoms with E-state index in [1.807, 2.05) is 0 Å². The molecule has 4 nitrogen and oxygen atoms in total. The second kappa shape index (κ2) is 6.79. The van der Waals surface area contributed by atoms with Gasteiger partial charge in [-0.15, -0.1) is 0 Å². The van der Waals surface area contributed by atoms with Crippen molar-refractivity contribution in [1.29, 1.82) is 0 Å². The fourth-order valence-electron chi connectivity index (χ4n) is 2.60. The normalized spacial score (nSPS) is 20.2. The van der Waals surface area contributed by atoms with E-state index in [0.717, 1.165) is 0 Å². The molecule has 0 aromatic heterocycles. The molecule has 0 radical (unpaired) electrons. The van der Waals surface area contributed by atoms with Crippen molar-refractivity contribution in [2.45, 2.75) is 18.3 Å². The molecular weight excluding hydrogens is 481 g/mol. The predicted octanol–water partition coefficient (Wildman–Crippen LogP) is 4.82. The molecule has 0 spiro atoms. The Morgan fingerprint density at radius 1 is 1.12 bits per heavy atom. The van der Waals surface area contributed by atoms with E-state index in [-0.39, 0.29) is 11.1 Å². The summed E-state index contributed by atoms with van der Waals surface area (Å²) in [6.45, 7) is 0. The number of carbonyl (C=O) groups excluding carboxylic acids is 1. The monoisotopic (exact) mass is 490 g/mol. The molecule has 0 unspecified atom stereocenters. The lowest BCUT2D eigenvalue weighted by atomic mass is 9.96. The highest BCUT2D eigenvalue weighted by atomic mass is 79.9. The van der Waals surface area contributed by atoms with Gasteiger partial charge in [-0.1, -0.05) is 50.1 Å². The Hall–Kier alpha value is -1.71. The molecule has 0 fully saturated rings. The first-order valence-corrected chi connectivity index (χ1v) is 8.93. The molecule has 1 aliphatic heterocycles. The molecular formula is C17H11Br2F3N2O2. The molecule has 1 atom stereocenters. The van der Waals surface area contributed by atoms with E-state index in [4.69, 9.17) is 0 Å². The first-order chi connectivity index (χ1) is 12.1. The number of amides is 1. The quantitative estimate of drug-likeness (QED) is 0.654. The standard InChI is InChI=1S/C17H11Br2F3N2O2/c18-12-6-4-11(5-7-12)16(26)9-14(17(20,21)22)23-24(16)15(25)10-2-1-3-13(19)8-10/h1-8,26H,9H2/t16-/m1/s1. The number of aliphatic hydroxyl groups is 1. The summed E-state index contributed by atoms with van der Waals surface area (Å²) >= 11 is 6.44. The molecule has 136 valence electrons. The summed E-state index contributed by atoms with van der Waals surface area (Å²) in [6, 6.07) is 12.2. The van der Waals surface area contributed by atoms with Crippen molar-refractivity contribution in [3.63, 3.8) is 0 Å². The average molecular weight is 492 g/mol. The molecule has 9 heteroatoms. The van der Waals surface area contributed by atoms with Crippen LogP contribution in [0.5, 0.6) is 0 Å². The summed E-state index contributed by atoms with van der Waals surface area (Å²) in [7, 11) is 0. The van der Waals surface area contributed by atoms with Gasteiger partial charge in [-0.3, -0.25) is 4.79 Å². The smallest absolute Gasteiger partial charge is 0.365 e. The van der Waals surface area contributed by atoms with Crippen LogP contribution in [-0.2, 0) is 5.72 Å². The number of hydrazone groups is 1. The SMILES string of the molecule is O=C(c1cccc(Br)c1)N1N=C(C(F)(F)F)C[C@@]1(O)c1ccc(Br)cc1. The lowest BCUT2D eigenvalue weighted by Gasteiger charge is -2.31. The minimum absolute atomic E-state index is 0.0992. The molecule has 1 heterocycles. The van der Waals surface area contributed by atoms with Crippen LogP contribution < -0.4 is 0 Å². The van der Waals surface area contributed by atoms with E-state index >= 15 is 0 Å². The minimum Gasteiger partial charge on any atom is -0.365 e. The van der Waals surface area contributed by atoms with E-state index in [0.29, 0.717) is 14.0 Å². The number of rotatable bonds is 2. The number of alkyl halides is 3. The van der Waals surface area contributed by atoms with Gasteiger partial charge in [0.1, 0.15) is 5.71 Å². The maximum Gasteiger partial charge on any atom is 0.431 e. The van der Waals surface area contributed by atoms with Gasteiger partial charge in [-0.25, -0.2) is 0 Å². The van der Waals surface area contributed by atoms with E-state index in [1.165, 1.54) is 24.3 Å². The van der Waals surface area contributed by atoms with Gasteiger partial charge in [0.05, 0.1) is 6.42 Å². The molecule has 0 aliphatic carbocycles. The van der Waals surface area contributed by atoms with E-state index < -0.39 is 29.9 Å². The Labute approximate surface area is 163 Å². The first-order valence-electron chi connectivity index (χ1n) is 7.34. The first kappa shape index (κ1) is 19.1. The van der Waals surface area contributed by atoms with Crippen molar-refractivity contribution >= 4 is 43.5 Å². The Bertz CT molecular complexity index is 884. The molecule has 26 heavy (non-hydrogen) atoms. The zero-order chi connectivity index (χ0) is 19.1. The van der Waals surface area contributed by atoms with E-state index in [2.05, 4.69) is 37.0 Å². The zero-order valence-electron chi connectivity index (χ0n) is 13.0. The van der Waals surface area contributed by atoms with Gasteiger partial charge in [-0.05, 0) is 30.3 Å². The number of hydrogen-bond donors (Lipinski definition) is 1. The van der Waals surface area contributed by atoms with Gasteiger partial charge < -0.3 is 5.11 Å². The summed E-state index contributed by atoms with van der Waals surface area (Å²) in [6.07, 6.45) is -5.60. The molecule has 2 aromatic carbocycles. The molecule has 1 amide bonds. The van der Waals surface area contributed by atoms with Gasteiger partial charge in [0, 0.05) is 20.1 Å². The third kappa shape index (κ3) is 3.56. The van der Waals surface area contributed by atoms with Gasteiger partial charge in [-0.2, -0.15) is 23.3 Å². The Kier molecular flexibility index (Phi) is 4.98. The maximum atomic E-state index is 13.2. The van der Waals surface area contributed by atoms with Gasteiger partial charge in [0.15, 0.2) is 5.72 Å². The largest absolute Gasteiger partial charge is 0.431 e. The van der Waals surface area contributed by atoms with Crippen LogP contribution in [0.3, 0.4) is 0 Å². The van der Waals surface area contributed by atoms with E-state index in [9.17, 15) is 23.1 Å². The summed E-state index contributed by atoms with van der Waals surface area (Å²) in [5.41, 5.74) is -3.22. The zero-order valence-corrected chi connectivity index (χ0v) is 16.1. The Balaban J connectivity index is 2.08. The number of halogens is 5. The van der Waals surface area contributed by atoms with Crippen LogP contribution in [0, 0.1) is 0 Å². The molecule has 1 aliphatic rings. The number of benzene rings is 2. The topological polar surface area (TPSA) is 52.9 Å². The fraction of sp³-hybridized carbons (Fsp3) is 0.176. The van der Waals surface area contributed by atoms with Crippen molar-refractivity contribution in [3.05, 3.63) is 68.6 Å². The number of carbonyl (C=O) groups is 1. The summed E-state index contributed by atoms with van der Waals surface area (Å²) in [5, 5.41) is 14.9. The fourth-order valence-corrected chi connectivity index (χ4v) is 3.27. The molecule has 3 rings (SSSR count). The highest BCUT2D eigenvalue weighted by Crippen LogP contribution is 2.40. The third-order valence-corrected chi connectivity index (χ3v) is 4.90. The van der Waals surface area contributed by atoms with E-state index in [1.54, 1.807) is 24.3 Å². The molecule has 2 aromatic rings. The van der Waals surface area contributed by atoms with Crippen molar-refractivity contribution in [3.8, 4) is 0 Å². The number of hydrogen-bond acceptors (Lipinski definition) is 3. The van der Waals surface area contributed by atoms with Crippen LogP contribution in [0.25, 0.3) is 0 Å². The van der Waals surface area contributed by atoms with Crippen LogP contribution in [0.1, 0.15) is 22.3 Å². The average Bonchev–Trinajstić information content (AvgIpc) is 2.94. The molecule has 0 saturated carbocycles. The summed E-state index contributed by atoms with van der Waals surface area (Å²) in [5.74, 6) is -0.837. The second-order valence-electron chi connectivity index (χ2n) is 5.67. The van der Waals surface area contributed by atoms with Crippen LogP contribution >= 0.6 is 31.9 Å².